The fourth-order valence-electron chi connectivity index (χ4n) is 13.0. The van der Waals surface area contributed by atoms with Crippen LogP contribution in [-0.2, 0) is 59.7 Å². The van der Waals surface area contributed by atoms with Crippen molar-refractivity contribution in [2.45, 2.75) is 194 Å². The summed E-state index contributed by atoms with van der Waals surface area (Å²) in [5.74, 6) is 16.0. The monoisotopic (exact) mass is 2130 g/mol. The molecule has 4 aromatic heterocycles. The van der Waals surface area contributed by atoms with Gasteiger partial charge in [0.1, 0.15) is 60.4 Å². The minimum atomic E-state index is -1.50. The Morgan fingerprint density at radius 1 is 0.496 bits per heavy atom. The molecule has 0 saturated carbocycles. The Bertz CT molecular complexity index is 5850. The third-order valence-corrected chi connectivity index (χ3v) is 22.8. The number of H-pyrrole nitrogens is 4. The molecule has 4 fully saturated rings. The van der Waals surface area contributed by atoms with E-state index < -0.39 is 133 Å². The normalized spacial score (nSPS) is 19.6. The molecule has 8 heterocycles. The van der Waals surface area contributed by atoms with Crippen molar-refractivity contribution in [1.29, 1.82) is 0 Å². The molecule has 4 saturated heterocycles. The van der Waals surface area contributed by atoms with Crippen molar-refractivity contribution in [3.8, 4) is 47.9 Å². The van der Waals surface area contributed by atoms with Crippen LogP contribution in [0.15, 0.2) is 160 Å². The molecular weight excluding hydrogens is 2030 g/mol. The first kappa shape index (κ1) is 111. The van der Waals surface area contributed by atoms with E-state index >= 15 is 0 Å². The maximum absolute atomic E-state index is 12.8. The van der Waals surface area contributed by atoms with Crippen LogP contribution < -0.4 is 45.0 Å². The molecule has 0 aliphatic carbocycles. The van der Waals surface area contributed by atoms with E-state index in [1.54, 1.807) is 116 Å². The van der Waals surface area contributed by atoms with Gasteiger partial charge in [-0.3, -0.25) is 57.4 Å². The average Bonchev–Trinajstić information content (AvgIpc) is 1.67. The fraction of sp³-hybridized carbons (Fsp3) is 0.413. The van der Waals surface area contributed by atoms with Crippen LogP contribution in [0.5, 0.6) is 0 Å². The molecular formula is C92H105CuI2N10O27P. The zero-order valence-corrected chi connectivity index (χ0v) is 80.7. The number of aryl methyl sites for hydroxylation is 4. The number of benzene rings is 4. The topological polar surface area (TPSA) is 489 Å². The molecule has 13 atom stereocenters. The van der Waals surface area contributed by atoms with Gasteiger partial charge >= 0.3 is 79.7 Å². The first-order valence-corrected chi connectivity index (χ1v) is 46.5. The van der Waals surface area contributed by atoms with Gasteiger partial charge in [0.15, 0.2) is 26.4 Å². The molecule has 9 N–H and O–H groups in total. The number of hydrogen-bond acceptors (Lipinski definition) is 28. The number of nitrogens with zero attached hydrogens (tertiary/aromatic N) is 6. The van der Waals surface area contributed by atoms with Gasteiger partial charge in [-0.15, -0.1) is 6.42 Å². The zero-order valence-electron chi connectivity index (χ0n) is 74.5. The zero-order chi connectivity index (χ0) is 97.0. The molecule has 0 radical (unpaired) electrons. The van der Waals surface area contributed by atoms with Crippen LogP contribution in [0.4, 0.5) is 0 Å². The van der Waals surface area contributed by atoms with Gasteiger partial charge in [-0.05, 0) is 139 Å². The van der Waals surface area contributed by atoms with E-state index in [4.69, 9.17) is 70.2 Å². The molecule has 0 amide bonds. The number of carbonyl (C=O) groups is 4. The van der Waals surface area contributed by atoms with Crippen LogP contribution in [0.25, 0.3) is 4.85 Å². The van der Waals surface area contributed by atoms with E-state index in [0.29, 0.717) is 45.1 Å². The number of aliphatic hydroxyl groups is 5. The second-order valence-electron chi connectivity index (χ2n) is 30.2. The number of aliphatic hydroxyl groups excluding tert-OH is 5. The van der Waals surface area contributed by atoms with E-state index in [1.165, 1.54) is 38.5 Å². The van der Waals surface area contributed by atoms with Crippen molar-refractivity contribution < 1.29 is 104 Å². The van der Waals surface area contributed by atoms with Gasteiger partial charge in [0, 0.05) is 62.6 Å². The van der Waals surface area contributed by atoms with Crippen LogP contribution in [0.2, 0.25) is 0 Å². The molecule has 0 bridgehead atoms. The Labute approximate surface area is 800 Å². The summed E-state index contributed by atoms with van der Waals surface area (Å²) in [7, 11) is -1.50. The quantitative estimate of drug-likeness (QED) is 0.00424. The molecule has 4 aromatic carbocycles. The maximum atomic E-state index is 12.8. The first-order valence-electron chi connectivity index (χ1n) is 41.2. The number of ether oxygens (including phenoxy) is 8. The minimum absolute atomic E-state index is 0. The standard InChI is InChI=1S/C30H39N4O7P.C21H22N2O6.C20H20N2O7.C11H10O2.C9H11IN2O5.CH3.Cu.HI/c1-8-25-26(41-42(39-17-15-31-7)34(20(2)3)21(4)5)18-27(40-25)33-19-24(28(35)32-30(33)37)10-9-16-38-29(36)23-13-11-22(6)12-14-23;1-3-17-16(24)11-18(29-17)23-12-15(19(25)22-21(23)27)5-4-10-28-20(26)14-8-6-13(2)7-9-14;1-12-4-6-13(7-5-12)19(26)28-8-2-3-14-10-22(20(27)21-18(14)25)17-9-15(24)16(11-23)29-17;1-3-8-13-11(12)10-6-4-9(2)5-7-10;10-4-2-12(9(16)11-8(4)15)7-1-5(14)6(3-13)17-7;;;/h11-14,19-21,25-27H,8,15-18H2,1-6H3,(H,32,35,37);6-9,12,16-18,24H,3,10-11H2,1-2H3,(H,22,25,27);4-7,10,15-17,23-24H,8-9,11H2,1H3,(H,21,25,27);1,4-7H,8H2,2H3;2,5-7,13-14H,1,3H2,(H,11,15,16);1H3;;1H/q;;;;;-1;+2;/p-1. The second kappa shape index (κ2) is 55.7. The summed E-state index contributed by atoms with van der Waals surface area (Å²) in [4.78, 5) is 156. The molecule has 4 aliphatic rings. The molecule has 8 aromatic rings. The van der Waals surface area contributed by atoms with Crippen molar-refractivity contribution in [2.24, 2.45) is 0 Å². The Morgan fingerprint density at radius 2 is 0.789 bits per heavy atom. The van der Waals surface area contributed by atoms with Gasteiger partial charge in [0.25, 0.3) is 30.8 Å². The van der Waals surface area contributed by atoms with E-state index in [9.17, 15) is 72.9 Å². The number of terminal acetylenes is 1. The summed E-state index contributed by atoms with van der Waals surface area (Å²) < 4.78 is 62.6. The van der Waals surface area contributed by atoms with Crippen molar-refractivity contribution in [1.82, 2.24) is 42.9 Å². The predicted molar refractivity (Wildman–Crippen MR) is 502 cm³/mol. The Kier molecular flexibility index (Phi) is 46.5. The van der Waals surface area contributed by atoms with Gasteiger partial charge in [-0.25, -0.2) is 49.6 Å². The summed E-state index contributed by atoms with van der Waals surface area (Å²) in [6, 6.07) is 28.1. The number of aromatic amines is 4. The molecule has 4 aliphatic heterocycles. The van der Waals surface area contributed by atoms with E-state index in [1.807, 2.05) is 65.8 Å². The number of aromatic nitrogens is 8. The number of halogens is 2. The third-order valence-electron chi connectivity index (χ3n) is 19.8. The predicted octanol–water partition coefficient (Wildman–Crippen LogP) is 7.12. The number of hydrogen-bond donors (Lipinski definition) is 9. The Hall–Kier alpha value is -10.9. The van der Waals surface area contributed by atoms with Gasteiger partial charge in [-0.2, -0.15) is 0 Å². The number of esters is 4. The molecule has 37 nitrogen and oxygen atoms in total. The molecule has 133 heavy (non-hydrogen) atoms. The fourth-order valence-corrected chi connectivity index (χ4v) is 15.2. The van der Waals surface area contributed by atoms with Crippen LogP contribution in [0.3, 0.4) is 0 Å². The van der Waals surface area contributed by atoms with Gasteiger partial charge in [0.2, 0.25) is 6.54 Å². The summed E-state index contributed by atoms with van der Waals surface area (Å²) in [6.45, 7) is 26.0. The third kappa shape index (κ3) is 33.3. The van der Waals surface area contributed by atoms with Crippen LogP contribution in [0.1, 0.15) is 185 Å². The molecule has 12 rings (SSSR count). The summed E-state index contributed by atoms with van der Waals surface area (Å²) >= 11 is 7.67. The molecule has 715 valence electrons. The number of nitrogens with one attached hydrogen (secondary N) is 4. The van der Waals surface area contributed by atoms with Crippen LogP contribution >= 0.6 is 51.5 Å². The number of carbonyl (C=O) groups excluding carboxylic acids is 4. The Balaban J connectivity index is 0.000000266. The SMILES string of the molecule is C#CCOC(=O)c1ccc(C)cc1.CCC1OC(n2cc(C#CCOC(=O)c3ccc(C)cc3)c(=O)[nH]c2=O)CC1O.Cc1ccc(C(=O)OCC#Cc2cn(C3CC(O)C(CO)O3)c(=O)[nH]c2=O)cc1.O=c1[nH]c(=O)n(C2CC(O)C(CO)O2)cc1I.[C-]#[N+]CCOP(OC1CC(n2cc(C#CCOC(=O)c3ccc(C)cc3)c(=O)[nH]c2=O)OC1CC)N(C(C)C)C(C)C.[CH3-].[Cu+][I]. The van der Waals surface area contributed by atoms with E-state index in [2.05, 4.69) is 111 Å². The van der Waals surface area contributed by atoms with Crippen molar-refractivity contribution in [3.63, 3.8) is 0 Å². The van der Waals surface area contributed by atoms with Gasteiger partial charge in [0.05, 0.1) is 75.7 Å². The van der Waals surface area contributed by atoms with Crippen molar-refractivity contribution >= 4 is 75.3 Å². The Morgan fingerprint density at radius 3 is 1.08 bits per heavy atom. The van der Waals surface area contributed by atoms with E-state index in [-0.39, 0.29) is 126 Å². The molecule has 41 heteroatoms. The van der Waals surface area contributed by atoms with Crippen molar-refractivity contribution in [3.05, 3.63) is 289 Å². The van der Waals surface area contributed by atoms with Gasteiger partial charge < -0.3 is 84.7 Å². The second-order valence-corrected chi connectivity index (χ2v) is 32.7. The van der Waals surface area contributed by atoms with E-state index in [0.717, 1.165) is 26.8 Å². The summed E-state index contributed by atoms with van der Waals surface area (Å²) in [6.07, 6.45) is 4.42. The summed E-state index contributed by atoms with van der Waals surface area (Å²) in [5.41, 5.74) is 0.930. The molecule has 13 unspecified atom stereocenters. The number of rotatable bonds is 24. The first-order chi connectivity index (χ1) is 63.1. The summed E-state index contributed by atoms with van der Waals surface area (Å²) in [5, 5.41) is 47.5. The van der Waals surface area contributed by atoms with Crippen molar-refractivity contribution in [2.75, 3.05) is 52.8 Å². The van der Waals surface area contributed by atoms with Crippen LogP contribution in [0, 0.1) is 93.1 Å². The average molecular weight is 2130 g/mol. The molecule has 0 spiro atoms. The van der Waals surface area contributed by atoms with Crippen LogP contribution in [-0.4, -0.2) is 206 Å². The van der Waals surface area contributed by atoms with Gasteiger partial charge in [-0.1, -0.05) is 126 Å².